The molecular weight excluding hydrogens is 278 g/mol. The molecule has 1 heterocycles. The first-order chi connectivity index (χ1) is 8.33. The molecule has 0 radical (unpaired) electrons. The lowest BCUT2D eigenvalue weighted by Gasteiger charge is -2.30. The van der Waals surface area contributed by atoms with Crippen LogP contribution in [0.2, 0.25) is 0 Å². The minimum absolute atomic E-state index is 0.461. The minimum Gasteiger partial charge on any atom is -0.457 e. The van der Waals surface area contributed by atoms with Gasteiger partial charge in [-0.1, -0.05) is 26.2 Å². The zero-order chi connectivity index (χ0) is 12.1. The highest BCUT2D eigenvalue weighted by Gasteiger charge is 2.26. The van der Waals surface area contributed by atoms with Crippen molar-refractivity contribution in [3.63, 3.8) is 0 Å². The number of nitrogens with one attached hydrogen (secondary N) is 1. The van der Waals surface area contributed by atoms with E-state index in [4.69, 9.17) is 4.42 Å². The van der Waals surface area contributed by atoms with Crippen LogP contribution in [-0.4, -0.2) is 6.54 Å². The molecule has 1 aromatic rings. The summed E-state index contributed by atoms with van der Waals surface area (Å²) in [5.74, 6) is 0.768. The highest BCUT2D eigenvalue weighted by Crippen LogP contribution is 2.37. The van der Waals surface area contributed by atoms with E-state index in [-0.39, 0.29) is 0 Å². The molecule has 2 nitrogen and oxygen atoms in total. The molecule has 1 aliphatic carbocycles. The topological polar surface area (TPSA) is 25.2 Å². The standard InChI is InChI=1S/C14H22BrNO/c1-2-9-16-13(11-6-4-3-5-7-11)12-8-10-17-14(12)15/h8,10-11,13,16H,2-7,9H2,1H3. The second kappa shape index (κ2) is 6.60. The second-order valence-corrected chi connectivity index (χ2v) is 5.70. The third kappa shape index (κ3) is 3.35. The summed E-state index contributed by atoms with van der Waals surface area (Å²) in [4.78, 5) is 0. The Morgan fingerprint density at radius 1 is 1.41 bits per heavy atom. The maximum Gasteiger partial charge on any atom is 0.173 e. The van der Waals surface area contributed by atoms with Gasteiger partial charge in [0.15, 0.2) is 4.67 Å². The highest BCUT2D eigenvalue weighted by atomic mass is 79.9. The Morgan fingerprint density at radius 2 is 2.18 bits per heavy atom. The first-order valence-corrected chi connectivity index (χ1v) is 7.58. The second-order valence-electron chi connectivity index (χ2n) is 4.98. The van der Waals surface area contributed by atoms with Gasteiger partial charge in [-0.3, -0.25) is 0 Å². The van der Waals surface area contributed by atoms with E-state index < -0.39 is 0 Å². The van der Waals surface area contributed by atoms with Gasteiger partial charge in [0.2, 0.25) is 0 Å². The van der Waals surface area contributed by atoms with Crippen LogP contribution in [0.3, 0.4) is 0 Å². The fourth-order valence-corrected chi connectivity index (χ4v) is 3.31. The Balaban J connectivity index is 2.09. The van der Waals surface area contributed by atoms with Crippen LogP contribution < -0.4 is 5.32 Å². The summed E-state index contributed by atoms with van der Waals surface area (Å²) in [6.07, 6.45) is 9.82. The lowest BCUT2D eigenvalue weighted by atomic mass is 9.81. The molecule has 17 heavy (non-hydrogen) atoms. The number of halogens is 1. The van der Waals surface area contributed by atoms with Crippen molar-refractivity contribution in [2.45, 2.75) is 51.5 Å². The first-order valence-electron chi connectivity index (χ1n) is 6.79. The molecule has 1 saturated carbocycles. The van der Waals surface area contributed by atoms with Gasteiger partial charge in [0.05, 0.1) is 6.26 Å². The predicted octanol–water partition coefficient (Wildman–Crippen LogP) is 4.66. The summed E-state index contributed by atoms with van der Waals surface area (Å²) in [7, 11) is 0. The normalized spacial score (nSPS) is 19.4. The van der Waals surface area contributed by atoms with Crippen LogP contribution in [0.4, 0.5) is 0 Å². The maximum absolute atomic E-state index is 5.39. The third-order valence-electron chi connectivity index (χ3n) is 3.72. The summed E-state index contributed by atoms with van der Waals surface area (Å²) in [6, 6.07) is 2.56. The Morgan fingerprint density at radius 3 is 2.76 bits per heavy atom. The van der Waals surface area contributed by atoms with Crippen LogP contribution in [0.1, 0.15) is 57.1 Å². The van der Waals surface area contributed by atoms with E-state index in [0.717, 1.165) is 17.1 Å². The Kier molecular flexibility index (Phi) is 5.11. The molecule has 3 heteroatoms. The maximum atomic E-state index is 5.39. The van der Waals surface area contributed by atoms with E-state index >= 15 is 0 Å². The first kappa shape index (κ1) is 13.2. The van der Waals surface area contributed by atoms with Gasteiger partial charge in [-0.05, 0) is 53.7 Å². The quantitative estimate of drug-likeness (QED) is 0.855. The largest absolute Gasteiger partial charge is 0.457 e. The summed E-state index contributed by atoms with van der Waals surface area (Å²) >= 11 is 3.52. The van der Waals surface area contributed by atoms with Gasteiger partial charge in [0.25, 0.3) is 0 Å². The molecule has 1 fully saturated rings. The smallest absolute Gasteiger partial charge is 0.173 e. The van der Waals surface area contributed by atoms with Crippen LogP contribution >= 0.6 is 15.9 Å². The van der Waals surface area contributed by atoms with E-state index in [9.17, 15) is 0 Å². The van der Waals surface area contributed by atoms with Crippen LogP contribution in [0, 0.1) is 5.92 Å². The number of rotatable bonds is 5. The molecule has 0 amide bonds. The molecule has 1 atom stereocenters. The zero-order valence-corrected chi connectivity index (χ0v) is 12.1. The van der Waals surface area contributed by atoms with Gasteiger partial charge >= 0.3 is 0 Å². The fraction of sp³-hybridized carbons (Fsp3) is 0.714. The van der Waals surface area contributed by atoms with E-state index in [1.165, 1.54) is 44.1 Å². The molecule has 1 N–H and O–H groups in total. The van der Waals surface area contributed by atoms with Crippen molar-refractivity contribution in [1.82, 2.24) is 5.32 Å². The Bertz CT molecular complexity index is 331. The van der Waals surface area contributed by atoms with Crippen LogP contribution in [0.25, 0.3) is 0 Å². The SMILES string of the molecule is CCCNC(c1ccoc1Br)C1CCCCC1. The molecule has 96 valence electrons. The molecule has 1 unspecified atom stereocenters. The summed E-state index contributed by atoms with van der Waals surface area (Å²) in [6.45, 7) is 3.30. The van der Waals surface area contributed by atoms with Crippen molar-refractivity contribution in [1.29, 1.82) is 0 Å². The van der Waals surface area contributed by atoms with E-state index in [2.05, 4.69) is 34.2 Å². The van der Waals surface area contributed by atoms with Gasteiger partial charge in [0.1, 0.15) is 0 Å². The molecule has 0 aliphatic heterocycles. The fourth-order valence-electron chi connectivity index (χ4n) is 2.82. The van der Waals surface area contributed by atoms with Crippen LogP contribution in [-0.2, 0) is 0 Å². The number of hydrogen-bond acceptors (Lipinski definition) is 2. The number of furan rings is 1. The van der Waals surface area contributed by atoms with E-state index in [0.29, 0.717) is 6.04 Å². The third-order valence-corrected chi connectivity index (χ3v) is 4.36. The Labute approximate surface area is 112 Å². The summed E-state index contributed by atoms with van der Waals surface area (Å²) in [5, 5.41) is 3.69. The number of hydrogen-bond donors (Lipinski definition) is 1. The Hall–Kier alpha value is -0.280. The van der Waals surface area contributed by atoms with Gasteiger partial charge in [-0.15, -0.1) is 0 Å². The van der Waals surface area contributed by atoms with Crippen molar-refractivity contribution in [2.24, 2.45) is 5.92 Å². The highest BCUT2D eigenvalue weighted by molar-refractivity contribution is 9.10. The molecule has 1 aliphatic rings. The van der Waals surface area contributed by atoms with Crippen molar-refractivity contribution >= 4 is 15.9 Å². The summed E-state index contributed by atoms with van der Waals surface area (Å²) in [5.41, 5.74) is 1.30. The van der Waals surface area contributed by atoms with Crippen molar-refractivity contribution in [3.05, 3.63) is 22.6 Å². The van der Waals surface area contributed by atoms with Crippen LogP contribution in [0.15, 0.2) is 21.4 Å². The molecule has 0 bridgehead atoms. The molecule has 2 rings (SSSR count). The van der Waals surface area contributed by atoms with Gasteiger partial charge in [-0.25, -0.2) is 0 Å². The monoisotopic (exact) mass is 299 g/mol. The minimum atomic E-state index is 0.461. The van der Waals surface area contributed by atoms with Crippen molar-refractivity contribution < 1.29 is 4.42 Å². The lowest BCUT2D eigenvalue weighted by molar-refractivity contribution is 0.270. The molecule has 1 aromatic heterocycles. The predicted molar refractivity (Wildman–Crippen MR) is 74.0 cm³/mol. The summed E-state index contributed by atoms with van der Waals surface area (Å²) < 4.78 is 6.29. The zero-order valence-electron chi connectivity index (χ0n) is 10.5. The van der Waals surface area contributed by atoms with Gasteiger partial charge in [0, 0.05) is 11.6 Å². The molecular formula is C14H22BrNO. The molecule has 0 saturated heterocycles. The van der Waals surface area contributed by atoms with Gasteiger partial charge in [-0.2, -0.15) is 0 Å². The molecule has 0 aromatic carbocycles. The van der Waals surface area contributed by atoms with Crippen LogP contribution in [0.5, 0.6) is 0 Å². The average Bonchev–Trinajstić information content (AvgIpc) is 2.78. The van der Waals surface area contributed by atoms with Crippen molar-refractivity contribution in [3.8, 4) is 0 Å². The average molecular weight is 300 g/mol. The van der Waals surface area contributed by atoms with E-state index in [1.54, 1.807) is 6.26 Å². The van der Waals surface area contributed by atoms with Crippen molar-refractivity contribution in [2.75, 3.05) is 6.54 Å². The van der Waals surface area contributed by atoms with Gasteiger partial charge < -0.3 is 9.73 Å². The molecule has 0 spiro atoms. The lowest BCUT2D eigenvalue weighted by Crippen LogP contribution is -2.30. The van der Waals surface area contributed by atoms with E-state index in [1.807, 2.05) is 0 Å².